The van der Waals surface area contributed by atoms with Gasteiger partial charge in [-0.05, 0) is 12.8 Å². The SMILES string of the molecule is CCCCCCCCCCCCC/C=C/C(=O)OCC(O)CO.OC[C@@H](O)[C@@H](O)[C@H](O)[C@H](O)CO. The summed E-state index contributed by atoms with van der Waals surface area (Å²) in [5.74, 6) is -0.458. The van der Waals surface area contributed by atoms with Crippen LogP contribution in [0.25, 0.3) is 0 Å². The van der Waals surface area contributed by atoms with Gasteiger partial charge in [0.05, 0.1) is 19.8 Å². The third-order valence-corrected chi connectivity index (χ3v) is 5.37. The van der Waals surface area contributed by atoms with Crippen molar-refractivity contribution in [3.8, 4) is 0 Å². The minimum Gasteiger partial charge on any atom is -0.460 e. The number of unbranched alkanes of at least 4 members (excludes halogenated alkanes) is 11. The van der Waals surface area contributed by atoms with Crippen LogP contribution in [0.3, 0.4) is 0 Å². The number of aliphatic hydroxyl groups excluding tert-OH is 8. The average molecular weight is 511 g/mol. The zero-order chi connectivity index (χ0) is 26.9. The largest absolute Gasteiger partial charge is 0.460 e. The monoisotopic (exact) mass is 510 g/mol. The van der Waals surface area contributed by atoms with Gasteiger partial charge in [0.15, 0.2) is 0 Å². The van der Waals surface area contributed by atoms with Crippen LogP contribution < -0.4 is 0 Å². The minimum absolute atomic E-state index is 0.155. The number of hydrogen-bond donors (Lipinski definition) is 8. The fraction of sp³-hybridized carbons (Fsp3) is 0.880. The van der Waals surface area contributed by atoms with Crippen molar-refractivity contribution in [2.45, 2.75) is 114 Å². The maximum Gasteiger partial charge on any atom is 0.330 e. The molecular weight excluding hydrogens is 460 g/mol. The third-order valence-electron chi connectivity index (χ3n) is 5.37. The molecule has 0 radical (unpaired) electrons. The summed E-state index contributed by atoms with van der Waals surface area (Å²) in [7, 11) is 0. The third kappa shape index (κ3) is 23.1. The number of rotatable bonds is 21. The van der Waals surface area contributed by atoms with Crippen LogP contribution in [0, 0.1) is 0 Å². The second kappa shape index (κ2) is 26.0. The first kappa shape index (κ1) is 36.0. The summed E-state index contributed by atoms with van der Waals surface area (Å²) in [6.45, 7) is 0.250. The van der Waals surface area contributed by atoms with E-state index in [0.717, 1.165) is 12.8 Å². The molecule has 0 saturated heterocycles. The molecule has 1 unspecified atom stereocenters. The van der Waals surface area contributed by atoms with E-state index in [1.54, 1.807) is 0 Å². The van der Waals surface area contributed by atoms with Crippen molar-refractivity contribution in [2.24, 2.45) is 0 Å². The van der Waals surface area contributed by atoms with Crippen LogP contribution >= 0.6 is 0 Å². The highest BCUT2D eigenvalue weighted by Gasteiger charge is 2.29. The van der Waals surface area contributed by atoms with Crippen LogP contribution in [-0.4, -0.2) is 104 Å². The summed E-state index contributed by atoms with van der Waals surface area (Å²) < 4.78 is 4.77. The van der Waals surface area contributed by atoms with Crippen molar-refractivity contribution in [2.75, 3.05) is 26.4 Å². The molecule has 0 aromatic carbocycles. The van der Waals surface area contributed by atoms with Gasteiger partial charge in [0.1, 0.15) is 37.1 Å². The van der Waals surface area contributed by atoms with Crippen molar-refractivity contribution < 1.29 is 50.4 Å². The molecule has 210 valence electrons. The molecule has 0 heterocycles. The minimum atomic E-state index is -1.67. The van der Waals surface area contributed by atoms with E-state index >= 15 is 0 Å². The molecule has 0 saturated carbocycles. The number of aliphatic hydroxyl groups is 8. The topological polar surface area (TPSA) is 188 Å². The number of esters is 1. The Morgan fingerprint density at radius 3 is 1.51 bits per heavy atom. The van der Waals surface area contributed by atoms with Crippen LogP contribution in [0.15, 0.2) is 12.2 Å². The van der Waals surface area contributed by atoms with Crippen LogP contribution in [0.1, 0.15) is 84.0 Å². The molecule has 35 heavy (non-hydrogen) atoms. The fourth-order valence-electron chi connectivity index (χ4n) is 3.06. The highest BCUT2D eigenvalue weighted by Crippen LogP contribution is 2.12. The van der Waals surface area contributed by atoms with E-state index in [2.05, 4.69) is 6.92 Å². The predicted molar refractivity (Wildman–Crippen MR) is 132 cm³/mol. The Morgan fingerprint density at radius 1 is 0.686 bits per heavy atom. The smallest absolute Gasteiger partial charge is 0.330 e. The summed E-state index contributed by atoms with van der Waals surface area (Å²) in [6.07, 6.45) is 11.2. The summed E-state index contributed by atoms with van der Waals surface area (Å²) in [4.78, 5) is 11.3. The average Bonchev–Trinajstić information content (AvgIpc) is 2.88. The van der Waals surface area contributed by atoms with Crippen LogP contribution in [0.4, 0.5) is 0 Å². The van der Waals surface area contributed by atoms with Gasteiger partial charge >= 0.3 is 5.97 Å². The van der Waals surface area contributed by atoms with E-state index in [1.165, 1.54) is 70.3 Å². The molecule has 0 fully saturated rings. The van der Waals surface area contributed by atoms with Crippen molar-refractivity contribution in [3.05, 3.63) is 12.2 Å². The van der Waals surface area contributed by atoms with Gasteiger partial charge in [0.2, 0.25) is 0 Å². The molecule has 0 aromatic rings. The molecule has 10 heteroatoms. The van der Waals surface area contributed by atoms with E-state index < -0.39 is 56.3 Å². The van der Waals surface area contributed by atoms with E-state index in [-0.39, 0.29) is 6.61 Å². The fourth-order valence-corrected chi connectivity index (χ4v) is 3.06. The first-order valence-corrected chi connectivity index (χ1v) is 12.8. The van der Waals surface area contributed by atoms with Gasteiger partial charge in [-0.2, -0.15) is 0 Å². The number of allylic oxidation sites excluding steroid dienone is 1. The van der Waals surface area contributed by atoms with Crippen LogP contribution in [0.2, 0.25) is 0 Å². The number of ether oxygens (including phenoxy) is 1. The molecule has 0 spiro atoms. The van der Waals surface area contributed by atoms with E-state index in [9.17, 15) is 4.79 Å². The molecule has 5 atom stereocenters. The van der Waals surface area contributed by atoms with E-state index in [4.69, 9.17) is 45.6 Å². The summed E-state index contributed by atoms with van der Waals surface area (Å²) in [5, 5.41) is 69.8. The Hall–Kier alpha value is -1.11. The standard InChI is InChI=1S/C19H36O4.C6H14O6/c1-2-3-4-5-6-7-8-9-10-11-12-13-14-15-19(22)23-17-18(21)16-20;7-1-3(9)5(11)6(12)4(10)2-8/h14-15,18,20-21H,2-13,16-17H2,1H3;3-12H,1-2H2/b15-14+;/t;3-,4-,5-,6-/m.1/s1. The zero-order valence-corrected chi connectivity index (χ0v) is 21.2. The maximum atomic E-state index is 11.3. The second-order valence-corrected chi connectivity index (χ2v) is 8.67. The van der Waals surface area contributed by atoms with Gasteiger partial charge in [-0.25, -0.2) is 4.79 Å². The van der Waals surface area contributed by atoms with Crippen molar-refractivity contribution in [1.82, 2.24) is 0 Å². The lowest BCUT2D eigenvalue weighted by molar-refractivity contribution is -0.141. The Balaban J connectivity index is 0. The van der Waals surface area contributed by atoms with Crippen LogP contribution in [0.5, 0.6) is 0 Å². The maximum absolute atomic E-state index is 11.3. The molecule has 0 amide bonds. The molecule has 0 aromatic heterocycles. The Labute approximate surface area is 209 Å². The lowest BCUT2D eigenvalue weighted by Gasteiger charge is -2.24. The highest BCUT2D eigenvalue weighted by atomic mass is 16.5. The zero-order valence-electron chi connectivity index (χ0n) is 21.2. The molecule has 10 nitrogen and oxygen atoms in total. The van der Waals surface area contributed by atoms with Crippen molar-refractivity contribution in [1.29, 1.82) is 0 Å². The van der Waals surface area contributed by atoms with Gasteiger partial charge < -0.3 is 45.6 Å². The van der Waals surface area contributed by atoms with Gasteiger partial charge in [-0.1, -0.05) is 77.2 Å². The number of carbonyl (C=O) groups excluding carboxylic acids is 1. The summed E-state index contributed by atoms with van der Waals surface area (Å²) >= 11 is 0. The Morgan fingerprint density at radius 2 is 1.11 bits per heavy atom. The molecule has 0 aliphatic rings. The molecule has 0 bridgehead atoms. The quantitative estimate of drug-likeness (QED) is 0.0615. The van der Waals surface area contributed by atoms with E-state index in [0.29, 0.717) is 0 Å². The van der Waals surface area contributed by atoms with Crippen molar-refractivity contribution in [3.63, 3.8) is 0 Å². The van der Waals surface area contributed by atoms with Gasteiger partial charge in [-0.15, -0.1) is 0 Å². The summed E-state index contributed by atoms with van der Waals surface area (Å²) in [6, 6.07) is 0. The van der Waals surface area contributed by atoms with Crippen molar-refractivity contribution >= 4 is 5.97 Å². The Kier molecular flexibility index (Phi) is 26.7. The first-order valence-electron chi connectivity index (χ1n) is 12.8. The van der Waals surface area contributed by atoms with Gasteiger partial charge in [0, 0.05) is 6.08 Å². The predicted octanol–water partition coefficient (Wildman–Crippen LogP) is 0.555. The van der Waals surface area contributed by atoms with Gasteiger partial charge in [0.25, 0.3) is 0 Å². The Bertz CT molecular complexity index is 475. The molecule has 8 N–H and O–H groups in total. The molecule has 0 aliphatic heterocycles. The number of carbonyl (C=O) groups is 1. The lowest BCUT2D eigenvalue weighted by Crippen LogP contribution is -2.46. The molecule has 0 rings (SSSR count). The normalized spacial score (nSPS) is 15.7. The van der Waals surface area contributed by atoms with Gasteiger partial charge in [-0.3, -0.25) is 0 Å². The van der Waals surface area contributed by atoms with Crippen LogP contribution in [-0.2, 0) is 9.53 Å². The number of hydrogen-bond acceptors (Lipinski definition) is 10. The summed E-state index contributed by atoms with van der Waals surface area (Å²) in [5.41, 5.74) is 0. The lowest BCUT2D eigenvalue weighted by atomic mass is 10.0. The van der Waals surface area contributed by atoms with E-state index in [1.807, 2.05) is 6.08 Å². The first-order chi connectivity index (χ1) is 16.7. The second-order valence-electron chi connectivity index (χ2n) is 8.67. The highest BCUT2D eigenvalue weighted by molar-refractivity contribution is 5.81. The molecule has 0 aliphatic carbocycles. The molecular formula is C25H50O10.